The molecule has 3 rings (SSSR count). The van der Waals surface area contributed by atoms with Crippen molar-refractivity contribution in [3.8, 4) is 0 Å². The van der Waals surface area contributed by atoms with Gasteiger partial charge in [-0.15, -0.1) is 0 Å². The zero-order valence-corrected chi connectivity index (χ0v) is 13.3. The molecule has 110 valence electrons. The molecule has 3 heterocycles. The van der Waals surface area contributed by atoms with Crippen LogP contribution in [-0.2, 0) is 6.54 Å². The molecule has 0 amide bonds. The number of halogens is 1. The van der Waals surface area contributed by atoms with Crippen LogP contribution in [0.25, 0.3) is 0 Å². The number of piperazine rings is 1. The first-order chi connectivity index (χ1) is 9.70. The van der Waals surface area contributed by atoms with Crippen molar-refractivity contribution in [2.45, 2.75) is 19.5 Å². The summed E-state index contributed by atoms with van der Waals surface area (Å²) in [5.74, 6) is 0. The summed E-state index contributed by atoms with van der Waals surface area (Å²) in [7, 11) is 0. The van der Waals surface area contributed by atoms with E-state index < -0.39 is 0 Å². The summed E-state index contributed by atoms with van der Waals surface area (Å²) in [4.78, 5) is 16.9. The third kappa shape index (κ3) is 2.49. The number of hydrogen-bond donors (Lipinski definition) is 1. The van der Waals surface area contributed by atoms with E-state index in [1.807, 2.05) is 6.92 Å². The van der Waals surface area contributed by atoms with E-state index >= 15 is 0 Å². The van der Waals surface area contributed by atoms with Gasteiger partial charge in [-0.1, -0.05) is 0 Å². The Hall–Kier alpha value is -0.920. The van der Waals surface area contributed by atoms with Gasteiger partial charge in [0.05, 0.1) is 11.9 Å². The Kier molecular flexibility index (Phi) is 4.09. The minimum atomic E-state index is -0.0457. The highest BCUT2D eigenvalue weighted by Crippen LogP contribution is 2.23. The highest BCUT2D eigenvalue weighted by atomic mass is 79.9. The number of nitrogens with zero attached hydrogens (tertiary/aromatic N) is 4. The molecule has 1 aromatic heterocycles. The molecule has 0 aliphatic carbocycles. The van der Waals surface area contributed by atoms with E-state index in [0.717, 1.165) is 45.0 Å². The number of aromatic nitrogens is 2. The number of aryl methyl sites for hydroxylation is 1. The minimum Gasteiger partial charge on any atom is -0.367 e. The van der Waals surface area contributed by atoms with Gasteiger partial charge in [-0.3, -0.25) is 9.69 Å². The Morgan fingerprint density at radius 2 is 2.05 bits per heavy atom. The largest absolute Gasteiger partial charge is 0.367 e. The first-order valence-electron chi connectivity index (χ1n) is 7.16. The maximum Gasteiger partial charge on any atom is 0.283 e. The van der Waals surface area contributed by atoms with Crippen LogP contribution in [0, 0.1) is 0 Å². The zero-order valence-electron chi connectivity index (χ0n) is 11.7. The van der Waals surface area contributed by atoms with E-state index in [9.17, 15) is 4.79 Å². The van der Waals surface area contributed by atoms with Crippen LogP contribution in [0.3, 0.4) is 0 Å². The molecule has 2 aliphatic heterocycles. The third-order valence-corrected chi connectivity index (χ3v) is 4.94. The van der Waals surface area contributed by atoms with Crippen molar-refractivity contribution >= 4 is 21.6 Å². The second-order valence-corrected chi connectivity index (χ2v) is 6.09. The summed E-state index contributed by atoms with van der Waals surface area (Å²) in [6.07, 6.45) is 1.80. The van der Waals surface area contributed by atoms with E-state index in [-0.39, 0.29) is 5.56 Å². The fourth-order valence-corrected chi connectivity index (χ4v) is 3.32. The Labute approximate surface area is 126 Å². The van der Waals surface area contributed by atoms with E-state index in [0.29, 0.717) is 17.1 Å². The van der Waals surface area contributed by atoms with Crippen molar-refractivity contribution in [1.82, 2.24) is 20.0 Å². The predicted octanol–water partition coefficient (Wildman–Crippen LogP) is 0.120. The van der Waals surface area contributed by atoms with Crippen LogP contribution in [0.15, 0.2) is 15.5 Å². The molecule has 0 saturated carbocycles. The smallest absolute Gasteiger partial charge is 0.283 e. The van der Waals surface area contributed by atoms with Crippen molar-refractivity contribution in [2.24, 2.45) is 0 Å². The normalized spacial score (nSPS) is 21.0. The molecule has 0 radical (unpaired) electrons. The molecule has 2 fully saturated rings. The lowest BCUT2D eigenvalue weighted by Gasteiger charge is -2.43. The molecular weight excluding hydrogens is 322 g/mol. The molecule has 2 saturated heterocycles. The molecule has 0 bridgehead atoms. The molecule has 0 spiro atoms. The van der Waals surface area contributed by atoms with Crippen LogP contribution in [0.4, 0.5) is 5.69 Å². The SMILES string of the molecule is CCn1ncc(N2CCN(C3CNC3)CC2)c(Br)c1=O. The molecule has 7 heteroatoms. The van der Waals surface area contributed by atoms with Gasteiger partial charge in [-0.05, 0) is 22.9 Å². The number of hydrogen-bond acceptors (Lipinski definition) is 5. The van der Waals surface area contributed by atoms with Crippen LogP contribution >= 0.6 is 15.9 Å². The van der Waals surface area contributed by atoms with Crippen LogP contribution in [0.1, 0.15) is 6.92 Å². The maximum absolute atomic E-state index is 12.1. The Morgan fingerprint density at radius 3 is 2.60 bits per heavy atom. The molecule has 1 N–H and O–H groups in total. The number of rotatable bonds is 3. The average molecular weight is 342 g/mol. The van der Waals surface area contributed by atoms with Crippen molar-refractivity contribution < 1.29 is 0 Å². The summed E-state index contributed by atoms with van der Waals surface area (Å²) >= 11 is 3.44. The molecule has 0 atom stereocenters. The quantitative estimate of drug-likeness (QED) is 0.846. The van der Waals surface area contributed by atoms with Gasteiger partial charge < -0.3 is 10.2 Å². The van der Waals surface area contributed by atoms with Crippen molar-refractivity contribution in [2.75, 3.05) is 44.2 Å². The second kappa shape index (κ2) is 5.83. The molecule has 2 aliphatic rings. The van der Waals surface area contributed by atoms with Crippen molar-refractivity contribution in [1.29, 1.82) is 0 Å². The van der Waals surface area contributed by atoms with Crippen LogP contribution < -0.4 is 15.8 Å². The summed E-state index contributed by atoms with van der Waals surface area (Å²) in [6, 6.07) is 0.701. The summed E-state index contributed by atoms with van der Waals surface area (Å²) < 4.78 is 2.11. The molecule has 0 aromatic carbocycles. The Morgan fingerprint density at radius 1 is 1.35 bits per heavy atom. The number of anilines is 1. The van der Waals surface area contributed by atoms with Gasteiger partial charge in [-0.2, -0.15) is 5.10 Å². The van der Waals surface area contributed by atoms with Crippen molar-refractivity contribution in [3.63, 3.8) is 0 Å². The average Bonchev–Trinajstić information content (AvgIpc) is 2.41. The molecule has 0 unspecified atom stereocenters. The summed E-state index contributed by atoms with van der Waals surface area (Å²) in [6.45, 7) is 8.74. The lowest BCUT2D eigenvalue weighted by atomic mass is 10.1. The van der Waals surface area contributed by atoms with E-state index in [4.69, 9.17) is 0 Å². The Bertz CT molecular complexity index is 534. The topological polar surface area (TPSA) is 53.4 Å². The fourth-order valence-electron chi connectivity index (χ4n) is 2.76. The van der Waals surface area contributed by atoms with E-state index in [2.05, 4.69) is 36.1 Å². The fraction of sp³-hybridized carbons (Fsp3) is 0.692. The molecular formula is C13H20BrN5O. The van der Waals surface area contributed by atoms with Gasteiger partial charge >= 0.3 is 0 Å². The highest BCUT2D eigenvalue weighted by molar-refractivity contribution is 9.10. The minimum absolute atomic E-state index is 0.0457. The van der Waals surface area contributed by atoms with Gasteiger partial charge in [0.25, 0.3) is 5.56 Å². The highest BCUT2D eigenvalue weighted by Gasteiger charge is 2.28. The predicted molar refractivity (Wildman–Crippen MR) is 82.3 cm³/mol. The molecule has 20 heavy (non-hydrogen) atoms. The Balaban J connectivity index is 1.71. The first kappa shape index (κ1) is 14.0. The number of nitrogens with one attached hydrogen (secondary N) is 1. The molecule has 6 nitrogen and oxygen atoms in total. The first-order valence-corrected chi connectivity index (χ1v) is 7.95. The van der Waals surface area contributed by atoms with Crippen LogP contribution in [-0.4, -0.2) is 60.0 Å². The van der Waals surface area contributed by atoms with Crippen molar-refractivity contribution in [3.05, 3.63) is 21.0 Å². The summed E-state index contributed by atoms with van der Waals surface area (Å²) in [5.41, 5.74) is 0.877. The van der Waals surface area contributed by atoms with Crippen LogP contribution in [0.2, 0.25) is 0 Å². The van der Waals surface area contributed by atoms with Gasteiger partial charge in [0.1, 0.15) is 4.47 Å². The monoisotopic (exact) mass is 341 g/mol. The van der Waals surface area contributed by atoms with Gasteiger partial charge in [0, 0.05) is 51.9 Å². The van der Waals surface area contributed by atoms with Gasteiger partial charge in [0.15, 0.2) is 0 Å². The second-order valence-electron chi connectivity index (χ2n) is 5.30. The zero-order chi connectivity index (χ0) is 14.1. The third-order valence-electron chi connectivity index (χ3n) is 4.20. The van der Waals surface area contributed by atoms with E-state index in [1.165, 1.54) is 4.68 Å². The van der Waals surface area contributed by atoms with Gasteiger partial charge in [0.2, 0.25) is 0 Å². The maximum atomic E-state index is 12.1. The lowest BCUT2D eigenvalue weighted by molar-refractivity contribution is 0.138. The lowest BCUT2D eigenvalue weighted by Crippen LogP contribution is -2.61. The standard InChI is InChI=1S/C13H20BrN5O/c1-2-19-13(20)12(14)11(9-16-19)18-5-3-17(4-6-18)10-7-15-8-10/h9-10,15H,2-8H2,1H3. The summed E-state index contributed by atoms with van der Waals surface area (Å²) in [5, 5.41) is 7.54. The van der Waals surface area contributed by atoms with Gasteiger partial charge in [-0.25, -0.2) is 4.68 Å². The van der Waals surface area contributed by atoms with E-state index in [1.54, 1.807) is 6.20 Å². The van der Waals surface area contributed by atoms with Crippen LogP contribution in [0.5, 0.6) is 0 Å². The molecule has 1 aromatic rings.